The highest BCUT2D eigenvalue weighted by atomic mass is 35.5. The lowest BCUT2D eigenvalue weighted by Gasteiger charge is -2.30. The molecule has 1 atom stereocenters. The van der Waals surface area contributed by atoms with Gasteiger partial charge in [-0.25, -0.2) is 4.98 Å². The summed E-state index contributed by atoms with van der Waals surface area (Å²) in [4.78, 5) is 18.6. The lowest BCUT2D eigenvalue weighted by atomic mass is 9.81. The molecule has 28 heavy (non-hydrogen) atoms. The summed E-state index contributed by atoms with van der Waals surface area (Å²) in [5.41, 5.74) is 3.93. The highest BCUT2D eigenvalue weighted by Gasteiger charge is 2.27. The number of nitrogens with zero attached hydrogens (tertiary/aromatic N) is 2. The van der Waals surface area contributed by atoms with Crippen LogP contribution in [0, 0.1) is 5.92 Å². The molecule has 1 N–H and O–H groups in total. The topological polar surface area (TPSA) is 46.9 Å². The van der Waals surface area contributed by atoms with Gasteiger partial charge >= 0.3 is 0 Å². The van der Waals surface area contributed by atoms with Gasteiger partial charge in [-0.05, 0) is 54.7 Å². The van der Waals surface area contributed by atoms with Gasteiger partial charge in [0.1, 0.15) is 5.82 Å². The summed E-state index contributed by atoms with van der Waals surface area (Å²) in [5, 5.41) is 4.82. The summed E-state index contributed by atoms with van der Waals surface area (Å²) in [6.07, 6.45) is 1.06. The number of nitrogens with one attached hydrogen (secondary N) is 1. The minimum atomic E-state index is -0.0214. The van der Waals surface area contributed by atoms with E-state index in [2.05, 4.69) is 33.0 Å². The van der Waals surface area contributed by atoms with Gasteiger partial charge in [0.15, 0.2) is 0 Å². The van der Waals surface area contributed by atoms with Crippen LogP contribution < -0.4 is 10.9 Å². The van der Waals surface area contributed by atoms with Crippen molar-refractivity contribution in [2.24, 2.45) is 5.92 Å². The van der Waals surface area contributed by atoms with Crippen molar-refractivity contribution in [2.75, 3.05) is 11.9 Å². The first-order valence-corrected chi connectivity index (χ1v) is 10.4. The molecule has 4 rings (SSSR count). The second kappa shape index (κ2) is 7.25. The predicted octanol–water partition coefficient (Wildman–Crippen LogP) is 5.72. The third-order valence-electron chi connectivity index (χ3n) is 5.65. The van der Waals surface area contributed by atoms with E-state index in [0.717, 1.165) is 35.7 Å². The number of aromatic nitrogens is 2. The van der Waals surface area contributed by atoms with Crippen LogP contribution in [0.4, 0.5) is 5.69 Å². The second-order valence-corrected chi connectivity index (χ2v) is 8.67. The molecule has 5 heteroatoms. The molecule has 3 aromatic rings. The van der Waals surface area contributed by atoms with E-state index in [1.807, 2.05) is 36.4 Å². The van der Waals surface area contributed by atoms with Crippen LogP contribution in [0.2, 0.25) is 5.02 Å². The lowest BCUT2D eigenvalue weighted by molar-refractivity contribution is 0.471. The minimum Gasteiger partial charge on any atom is -0.385 e. The summed E-state index contributed by atoms with van der Waals surface area (Å²) < 4.78 is 1.73. The second-order valence-electron chi connectivity index (χ2n) is 8.23. The Labute approximate surface area is 170 Å². The lowest BCUT2D eigenvalue weighted by Crippen LogP contribution is -2.27. The maximum Gasteiger partial charge on any atom is 0.265 e. The molecule has 1 aliphatic heterocycles. The van der Waals surface area contributed by atoms with Gasteiger partial charge in [-0.15, -0.1) is 0 Å². The van der Waals surface area contributed by atoms with Crippen molar-refractivity contribution in [1.29, 1.82) is 0 Å². The molecule has 0 amide bonds. The molecule has 1 aromatic heterocycles. The number of halogens is 1. The van der Waals surface area contributed by atoms with E-state index in [0.29, 0.717) is 22.2 Å². The largest absolute Gasteiger partial charge is 0.385 e. The highest BCUT2D eigenvalue weighted by molar-refractivity contribution is 6.30. The van der Waals surface area contributed by atoms with Crippen molar-refractivity contribution in [3.63, 3.8) is 0 Å². The Kier molecular flexibility index (Phi) is 4.92. The predicted molar refractivity (Wildman–Crippen MR) is 117 cm³/mol. The Morgan fingerprint density at radius 3 is 2.46 bits per heavy atom. The van der Waals surface area contributed by atoms with E-state index in [4.69, 9.17) is 16.6 Å². The molecule has 0 saturated heterocycles. The van der Waals surface area contributed by atoms with Crippen LogP contribution in [0.15, 0.2) is 41.2 Å². The van der Waals surface area contributed by atoms with Crippen molar-refractivity contribution in [3.05, 3.63) is 63.2 Å². The summed E-state index contributed by atoms with van der Waals surface area (Å²) in [6.45, 7) is 9.61. The molecule has 0 fully saturated rings. The zero-order valence-electron chi connectivity index (χ0n) is 16.8. The van der Waals surface area contributed by atoms with E-state index in [-0.39, 0.29) is 11.5 Å². The smallest absolute Gasteiger partial charge is 0.265 e. The zero-order valence-corrected chi connectivity index (χ0v) is 17.5. The van der Waals surface area contributed by atoms with E-state index < -0.39 is 0 Å². The van der Waals surface area contributed by atoms with Crippen molar-refractivity contribution >= 4 is 28.2 Å². The van der Waals surface area contributed by atoms with E-state index in [1.54, 1.807) is 4.57 Å². The van der Waals surface area contributed by atoms with Gasteiger partial charge in [0.2, 0.25) is 0 Å². The molecule has 2 aromatic carbocycles. The molecule has 0 radical (unpaired) electrons. The number of hydrogen-bond acceptors (Lipinski definition) is 3. The summed E-state index contributed by atoms with van der Waals surface area (Å²) in [6, 6.07) is 11.3. The fourth-order valence-electron chi connectivity index (χ4n) is 4.22. The molecular formula is C23H26ClN3O. The Morgan fingerprint density at radius 1 is 1.11 bits per heavy atom. The van der Waals surface area contributed by atoms with Crippen LogP contribution in [0.25, 0.3) is 16.6 Å². The van der Waals surface area contributed by atoms with Crippen LogP contribution in [-0.2, 0) is 0 Å². The first-order chi connectivity index (χ1) is 13.4. The fraction of sp³-hybridized carbons (Fsp3) is 0.391. The van der Waals surface area contributed by atoms with Crippen LogP contribution in [-0.4, -0.2) is 16.1 Å². The van der Waals surface area contributed by atoms with Crippen LogP contribution in [0.3, 0.4) is 0 Å². The van der Waals surface area contributed by atoms with Gasteiger partial charge in [-0.2, -0.15) is 0 Å². The fourth-order valence-corrected chi connectivity index (χ4v) is 4.35. The van der Waals surface area contributed by atoms with E-state index in [1.165, 1.54) is 5.56 Å². The quantitative estimate of drug-likeness (QED) is 0.617. The zero-order chi connectivity index (χ0) is 20.0. The first kappa shape index (κ1) is 19.0. The molecule has 1 unspecified atom stereocenters. The maximum absolute atomic E-state index is 13.6. The average molecular weight is 396 g/mol. The first-order valence-electron chi connectivity index (χ1n) is 9.98. The van der Waals surface area contributed by atoms with E-state index >= 15 is 0 Å². The molecule has 1 aliphatic rings. The van der Waals surface area contributed by atoms with Crippen molar-refractivity contribution in [3.8, 4) is 5.69 Å². The Balaban J connectivity index is 2.07. The molecule has 4 nitrogen and oxygen atoms in total. The number of benzene rings is 2. The third-order valence-corrected chi connectivity index (χ3v) is 5.91. The molecular weight excluding hydrogens is 370 g/mol. The van der Waals surface area contributed by atoms with Gasteiger partial charge in [0.05, 0.1) is 16.6 Å². The van der Waals surface area contributed by atoms with Gasteiger partial charge < -0.3 is 5.32 Å². The highest BCUT2D eigenvalue weighted by Crippen LogP contribution is 2.40. The van der Waals surface area contributed by atoms with Gasteiger partial charge in [0, 0.05) is 28.7 Å². The number of rotatable bonds is 3. The average Bonchev–Trinajstić information content (AvgIpc) is 2.67. The summed E-state index contributed by atoms with van der Waals surface area (Å²) in [5.74, 6) is 1.78. The minimum absolute atomic E-state index is 0.0214. The third kappa shape index (κ3) is 3.10. The van der Waals surface area contributed by atoms with Crippen molar-refractivity contribution in [1.82, 2.24) is 9.55 Å². The molecule has 0 aliphatic carbocycles. The molecule has 0 saturated carbocycles. The number of hydrogen-bond donors (Lipinski definition) is 1. The van der Waals surface area contributed by atoms with Crippen LogP contribution >= 0.6 is 11.6 Å². The summed E-state index contributed by atoms with van der Waals surface area (Å²) >= 11 is 6.05. The summed E-state index contributed by atoms with van der Waals surface area (Å²) in [7, 11) is 0. The monoisotopic (exact) mass is 395 g/mol. The molecule has 146 valence electrons. The molecule has 0 spiro atoms. The SMILES string of the molecule is CC(C)c1nc2c3c(ccc2c(=O)n1-c1ccc(Cl)cc1)NCCC3C(C)C. The van der Waals surface area contributed by atoms with Gasteiger partial charge in [-0.1, -0.05) is 39.3 Å². The van der Waals surface area contributed by atoms with E-state index in [9.17, 15) is 4.79 Å². The molecule has 0 bridgehead atoms. The van der Waals surface area contributed by atoms with Gasteiger partial charge in [-0.3, -0.25) is 9.36 Å². The standard InChI is InChI=1S/C23H26ClN3O/c1-13(2)17-11-12-25-19-10-9-18-21(20(17)19)26-22(14(3)4)27(23(18)28)16-7-5-15(24)6-8-16/h5-10,13-14,17,25H,11-12H2,1-4H3. The van der Waals surface area contributed by atoms with Gasteiger partial charge in [0.25, 0.3) is 5.56 Å². The molecule has 2 heterocycles. The Morgan fingerprint density at radius 2 is 1.82 bits per heavy atom. The Hall–Kier alpha value is -2.33. The van der Waals surface area contributed by atoms with Crippen LogP contribution in [0.1, 0.15) is 57.3 Å². The van der Waals surface area contributed by atoms with Crippen molar-refractivity contribution < 1.29 is 0 Å². The number of fused-ring (bicyclic) bond motifs is 3. The van der Waals surface area contributed by atoms with Crippen LogP contribution in [0.5, 0.6) is 0 Å². The van der Waals surface area contributed by atoms with Crippen molar-refractivity contribution in [2.45, 2.75) is 46.0 Å². The maximum atomic E-state index is 13.6. The number of anilines is 1. The normalized spacial score (nSPS) is 16.5. The Bertz CT molecular complexity index is 1080.